The molecular weight excluding hydrogens is 372 g/mol. The second kappa shape index (κ2) is 7.98. The maximum absolute atomic E-state index is 12.7. The minimum atomic E-state index is -0.231. The third-order valence-corrected chi connectivity index (χ3v) is 4.66. The van der Waals surface area contributed by atoms with Crippen molar-refractivity contribution in [3.63, 3.8) is 0 Å². The quantitative estimate of drug-likeness (QED) is 0.523. The Bertz CT molecular complexity index is 1110. The summed E-state index contributed by atoms with van der Waals surface area (Å²) >= 11 is 1.60. The molecule has 2 heterocycles. The Morgan fingerprint density at radius 1 is 1.04 bits per heavy atom. The maximum atomic E-state index is 12.7. The highest BCUT2D eigenvalue weighted by atomic mass is 32.1. The predicted octanol–water partition coefficient (Wildman–Crippen LogP) is 4.95. The molecule has 0 unspecified atom stereocenters. The van der Waals surface area contributed by atoms with E-state index in [9.17, 15) is 4.79 Å². The fraction of sp³-hybridized carbons (Fsp3) is 0.0476. The molecule has 0 aliphatic rings. The highest BCUT2D eigenvalue weighted by Gasteiger charge is 2.10. The molecule has 0 fully saturated rings. The second-order valence-electron chi connectivity index (χ2n) is 5.95. The van der Waals surface area contributed by atoms with E-state index >= 15 is 0 Å². The van der Waals surface area contributed by atoms with Crippen LogP contribution in [0.3, 0.4) is 0 Å². The number of aryl methyl sites for hydroxylation is 1. The van der Waals surface area contributed by atoms with Crippen molar-refractivity contribution in [1.29, 1.82) is 0 Å². The molecule has 0 saturated heterocycles. The number of hydrogen-bond acceptors (Lipinski definition) is 6. The first-order valence-electron chi connectivity index (χ1n) is 8.56. The zero-order valence-electron chi connectivity index (χ0n) is 15.0. The van der Waals surface area contributed by atoms with E-state index in [2.05, 4.69) is 20.3 Å². The molecular formula is C21H16N4O2S. The van der Waals surface area contributed by atoms with Crippen LogP contribution in [0.5, 0.6) is 11.8 Å². The van der Waals surface area contributed by atoms with Crippen molar-refractivity contribution in [3.05, 3.63) is 82.9 Å². The first kappa shape index (κ1) is 17.8. The van der Waals surface area contributed by atoms with E-state index in [-0.39, 0.29) is 11.9 Å². The molecule has 0 aliphatic carbocycles. The van der Waals surface area contributed by atoms with Gasteiger partial charge in [0.05, 0.1) is 10.7 Å². The Morgan fingerprint density at radius 3 is 2.64 bits per heavy atom. The number of anilines is 1. The van der Waals surface area contributed by atoms with E-state index in [0.717, 1.165) is 16.3 Å². The Kier molecular flexibility index (Phi) is 5.07. The summed E-state index contributed by atoms with van der Waals surface area (Å²) in [4.78, 5) is 25.2. The van der Waals surface area contributed by atoms with Gasteiger partial charge >= 0.3 is 6.01 Å². The molecule has 0 saturated carbocycles. The molecule has 4 rings (SSSR count). The lowest BCUT2D eigenvalue weighted by molar-refractivity contribution is 0.102. The molecule has 6 nitrogen and oxygen atoms in total. The summed E-state index contributed by atoms with van der Waals surface area (Å²) in [6, 6.07) is 16.4. The number of carbonyl (C=O) groups excluding carboxylic acids is 1. The van der Waals surface area contributed by atoms with Crippen molar-refractivity contribution in [2.24, 2.45) is 0 Å². The number of benzene rings is 2. The minimum Gasteiger partial charge on any atom is -0.424 e. The average molecular weight is 388 g/mol. The van der Waals surface area contributed by atoms with Gasteiger partial charge in [-0.2, -0.15) is 0 Å². The lowest BCUT2D eigenvalue weighted by Gasteiger charge is -2.08. The zero-order valence-corrected chi connectivity index (χ0v) is 15.8. The normalized spacial score (nSPS) is 10.5. The Labute approximate surface area is 165 Å². The first-order chi connectivity index (χ1) is 13.7. The number of amides is 1. The van der Waals surface area contributed by atoms with Gasteiger partial charge in [0.2, 0.25) is 0 Å². The number of nitrogens with zero attached hydrogens (tertiary/aromatic N) is 3. The second-order valence-corrected chi connectivity index (χ2v) is 7.01. The highest BCUT2D eigenvalue weighted by molar-refractivity contribution is 7.09. The van der Waals surface area contributed by atoms with Crippen LogP contribution in [0, 0.1) is 6.92 Å². The third kappa shape index (κ3) is 4.21. The number of ether oxygens (including phenoxy) is 1. The largest absolute Gasteiger partial charge is 0.424 e. The molecule has 0 bridgehead atoms. The summed E-state index contributed by atoms with van der Waals surface area (Å²) in [6.45, 7) is 1.97. The summed E-state index contributed by atoms with van der Waals surface area (Å²) in [5, 5.41) is 5.92. The number of rotatable bonds is 5. The van der Waals surface area contributed by atoms with Crippen LogP contribution in [0.25, 0.3) is 11.3 Å². The van der Waals surface area contributed by atoms with Gasteiger partial charge in [-0.25, -0.2) is 15.0 Å². The average Bonchev–Trinajstić information content (AvgIpc) is 3.16. The van der Waals surface area contributed by atoms with E-state index in [4.69, 9.17) is 4.74 Å². The van der Waals surface area contributed by atoms with Gasteiger partial charge in [0, 0.05) is 34.6 Å². The lowest BCUT2D eigenvalue weighted by atomic mass is 10.1. The molecule has 138 valence electrons. The van der Waals surface area contributed by atoms with Crippen LogP contribution in [-0.2, 0) is 0 Å². The standard InChI is InChI=1S/C21H16N4O2S/c1-14-24-19(13-28-14)15-5-2-7-17(11-15)25-20(26)16-6-3-8-18(12-16)27-21-22-9-4-10-23-21/h2-13H,1H3,(H,25,26). The molecule has 1 amide bonds. The van der Waals surface area contributed by atoms with Crippen molar-refractivity contribution < 1.29 is 9.53 Å². The van der Waals surface area contributed by atoms with Gasteiger partial charge in [0.1, 0.15) is 5.75 Å². The van der Waals surface area contributed by atoms with E-state index < -0.39 is 0 Å². The fourth-order valence-corrected chi connectivity index (χ4v) is 3.22. The minimum absolute atomic E-state index is 0.228. The smallest absolute Gasteiger partial charge is 0.321 e. The zero-order chi connectivity index (χ0) is 19.3. The molecule has 4 aromatic rings. The van der Waals surface area contributed by atoms with E-state index in [1.54, 1.807) is 54.1 Å². The number of aromatic nitrogens is 3. The number of thiazole rings is 1. The molecule has 2 aromatic heterocycles. The van der Waals surface area contributed by atoms with Gasteiger partial charge in [0.25, 0.3) is 5.91 Å². The van der Waals surface area contributed by atoms with E-state index in [1.807, 2.05) is 36.6 Å². The molecule has 7 heteroatoms. The Balaban J connectivity index is 1.50. The Hall–Kier alpha value is -3.58. The summed E-state index contributed by atoms with van der Waals surface area (Å²) in [6.07, 6.45) is 3.19. The van der Waals surface area contributed by atoms with Crippen LogP contribution in [-0.4, -0.2) is 20.9 Å². The lowest BCUT2D eigenvalue weighted by Crippen LogP contribution is -2.11. The number of hydrogen-bond donors (Lipinski definition) is 1. The maximum Gasteiger partial charge on any atom is 0.321 e. The highest BCUT2D eigenvalue weighted by Crippen LogP contribution is 2.25. The molecule has 1 N–H and O–H groups in total. The van der Waals surface area contributed by atoms with Crippen LogP contribution < -0.4 is 10.1 Å². The van der Waals surface area contributed by atoms with E-state index in [1.165, 1.54) is 0 Å². The van der Waals surface area contributed by atoms with Crippen molar-refractivity contribution in [2.45, 2.75) is 6.92 Å². The van der Waals surface area contributed by atoms with Crippen LogP contribution in [0.2, 0.25) is 0 Å². The van der Waals surface area contributed by atoms with Crippen molar-refractivity contribution in [3.8, 4) is 23.0 Å². The van der Waals surface area contributed by atoms with Gasteiger partial charge in [-0.3, -0.25) is 4.79 Å². The summed E-state index contributed by atoms with van der Waals surface area (Å²) in [7, 11) is 0. The number of carbonyl (C=O) groups is 1. The van der Waals surface area contributed by atoms with Gasteiger partial charge in [-0.05, 0) is 43.3 Å². The third-order valence-electron chi connectivity index (χ3n) is 3.88. The fourth-order valence-electron chi connectivity index (χ4n) is 2.60. The van der Waals surface area contributed by atoms with Crippen molar-refractivity contribution >= 4 is 22.9 Å². The van der Waals surface area contributed by atoms with Gasteiger partial charge in [-0.1, -0.05) is 18.2 Å². The molecule has 0 spiro atoms. The molecule has 0 aliphatic heterocycles. The van der Waals surface area contributed by atoms with Gasteiger partial charge < -0.3 is 10.1 Å². The summed E-state index contributed by atoms with van der Waals surface area (Å²) in [5.41, 5.74) is 3.03. The van der Waals surface area contributed by atoms with Crippen LogP contribution in [0.1, 0.15) is 15.4 Å². The summed E-state index contributed by atoms with van der Waals surface area (Å²) in [5.74, 6) is 0.261. The van der Waals surface area contributed by atoms with Crippen molar-refractivity contribution in [1.82, 2.24) is 15.0 Å². The van der Waals surface area contributed by atoms with Gasteiger partial charge in [-0.15, -0.1) is 11.3 Å². The van der Waals surface area contributed by atoms with Crippen LogP contribution in [0.15, 0.2) is 72.4 Å². The number of nitrogens with one attached hydrogen (secondary N) is 1. The molecule has 0 radical (unpaired) electrons. The van der Waals surface area contributed by atoms with Crippen LogP contribution in [0.4, 0.5) is 5.69 Å². The Morgan fingerprint density at radius 2 is 1.86 bits per heavy atom. The van der Waals surface area contributed by atoms with Crippen LogP contribution >= 0.6 is 11.3 Å². The van der Waals surface area contributed by atoms with E-state index in [0.29, 0.717) is 17.0 Å². The summed E-state index contributed by atoms with van der Waals surface area (Å²) < 4.78 is 5.59. The van der Waals surface area contributed by atoms with Gasteiger partial charge in [0.15, 0.2) is 0 Å². The topological polar surface area (TPSA) is 77.0 Å². The first-order valence-corrected chi connectivity index (χ1v) is 9.44. The molecule has 2 aromatic carbocycles. The van der Waals surface area contributed by atoms with Crippen molar-refractivity contribution in [2.75, 3.05) is 5.32 Å². The molecule has 0 atom stereocenters. The monoisotopic (exact) mass is 388 g/mol. The SMILES string of the molecule is Cc1nc(-c2cccc(NC(=O)c3cccc(Oc4ncccn4)c3)c2)cs1. The molecule has 28 heavy (non-hydrogen) atoms. The predicted molar refractivity (Wildman–Crippen MR) is 109 cm³/mol.